The molecule has 0 saturated carbocycles. The van der Waals surface area contributed by atoms with Crippen LogP contribution in [0.2, 0.25) is 5.02 Å². The van der Waals surface area contributed by atoms with Crippen LogP contribution in [-0.2, 0) is 0 Å². The Balaban J connectivity index is 2.24. The Morgan fingerprint density at radius 2 is 1.83 bits per heavy atom. The van der Waals surface area contributed by atoms with Crippen LogP contribution in [0.3, 0.4) is 0 Å². The topological polar surface area (TPSA) is 26.3 Å². The van der Waals surface area contributed by atoms with Gasteiger partial charge in [0.25, 0.3) is 0 Å². The van der Waals surface area contributed by atoms with Crippen molar-refractivity contribution in [3.05, 3.63) is 56.6 Å². The number of carbonyl (C=O) groups is 1. The van der Waals surface area contributed by atoms with Gasteiger partial charge < -0.3 is 4.74 Å². The summed E-state index contributed by atoms with van der Waals surface area (Å²) in [6, 6.07) is 12.7. The first-order chi connectivity index (χ1) is 8.56. The summed E-state index contributed by atoms with van der Waals surface area (Å²) in [7, 11) is 0. The Hall–Kier alpha value is -1.07. The van der Waals surface area contributed by atoms with Gasteiger partial charge in [0.2, 0.25) is 0 Å². The predicted octanol–water partition coefficient (Wildman–Crippen LogP) is 4.94. The summed E-state index contributed by atoms with van der Waals surface area (Å²) in [5, 5.41) is 0.432. The minimum absolute atomic E-state index is 0.0160. The minimum Gasteiger partial charge on any atom is -0.456 e. The van der Waals surface area contributed by atoms with Crippen molar-refractivity contribution in [2.45, 2.75) is 6.92 Å². The quantitative estimate of drug-likeness (QED) is 0.563. The fraction of sp³-hybridized carbons (Fsp3) is 0.0714. The highest BCUT2D eigenvalue weighted by atomic mass is 127. The van der Waals surface area contributed by atoms with Crippen LogP contribution in [0, 0.1) is 3.57 Å². The summed E-state index contributed by atoms with van der Waals surface area (Å²) < 4.78 is 6.79. The van der Waals surface area contributed by atoms with Crippen LogP contribution >= 0.6 is 34.2 Å². The Kier molecular flexibility index (Phi) is 4.24. The zero-order valence-electron chi connectivity index (χ0n) is 9.61. The van der Waals surface area contributed by atoms with E-state index in [4.69, 9.17) is 16.3 Å². The molecule has 92 valence electrons. The first-order valence-electron chi connectivity index (χ1n) is 5.30. The van der Waals surface area contributed by atoms with E-state index in [0.717, 1.165) is 3.57 Å². The highest BCUT2D eigenvalue weighted by Gasteiger charge is 2.06. The summed E-state index contributed by atoms with van der Waals surface area (Å²) in [6.45, 7) is 1.51. The van der Waals surface area contributed by atoms with E-state index in [1.807, 2.05) is 24.3 Å². The Morgan fingerprint density at radius 1 is 1.17 bits per heavy atom. The van der Waals surface area contributed by atoms with Crippen LogP contribution in [0.1, 0.15) is 17.3 Å². The van der Waals surface area contributed by atoms with Gasteiger partial charge in [-0.1, -0.05) is 11.6 Å². The third-order valence-electron chi connectivity index (χ3n) is 2.38. The van der Waals surface area contributed by atoms with Crippen LogP contribution in [0.25, 0.3) is 0 Å². The minimum atomic E-state index is -0.0160. The first-order valence-corrected chi connectivity index (χ1v) is 6.76. The largest absolute Gasteiger partial charge is 0.456 e. The molecule has 0 aliphatic heterocycles. The maximum absolute atomic E-state index is 11.2. The molecule has 0 unspecified atom stereocenters. The van der Waals surface area contributed by atoms with Crippen molar-refractivity contribution in [3.63, 3.8) is 0 Å². The number of carbonyl (C=O) groups excluding carboxylic acids is 1. The summed E-state index contributed by atoms with van der Waals surface area (Å²) >= 11 is 8.30. The van der Waals surface area contributed by atoms with E-state index in [1.165, 1.54) is 6.92 Å². The second-order valence-electron chi connectivity index (χ2n) is 3.76. The van der Waals surface area contributed by atoms with Crippen molar-refractivity contribution in [3.8, 4) is 11.5 Å². The van der Waals surface area contributed by atoms with Gasteiger partial charge in [-0.3, -0.25) is 4.79 Å². The van der Waals surface area contributed by atoms with Gasteiger partial charge in [0.1, 0.15) is 11.5 Å². The van der Waals surface area contributed by atoms with E-state index in [-0.39, 0.29) is 5.78 Å². The zero-order valence-corrected chi connectivity index (χ0v) is 12.5. The molecule has 0 aliphatic rings. The molecular weight excluding hydrogens is 363 g/mol. The summed E-state index contributed by atoms with van der Waals surface area (Å²) in [6.07, 6.45) is 0. The van der Waals surface area contributed by atoms with Crippen molar-refractivity contribution < 1.29 is 9.53 Å². The molecule has 2 aromatic carbocycles. The van der Waals surface area contributed by atoms with Crippen molar-refractivity contribution in [2.24, 2.45) is 0 Å². The molecule has 0 N–H and O–H groups in total. The zero-order chi connectivity index (χ0) is 13.1. The number of Topliss-reactive ketones (excluding diaryl/α,β-unsaturated/α-hetero) is 1. The van der Waals surface area contributed by atoms with E-state index >= 15 is 0 Å². The van der Waals surface area contributed by atoms with Gasteiger partial charge in [-0.2, -0.15) is 0 Å². The van der Waals surface area contributed by atoms with Crippen LogP contribution < -0.4 is 4.74 Å². The van der Waals surface area contributed by atoms with Crippen LogP contribution in [0.15, 0.2) is 42.5 Å². The van der Waals surface area contributed by atoms with Crippen LogP contribution in [-0.4, -0.2) is 5.78 Å². The van der Waals surface area contributed by atoms with Gasteiger partial charge in [0.05, 0.1) is 5.02 Å². The van der Waals surface area contributed by atoms with Gasteiger partial charge in [-0.15, -0.1) is 0 Å². The van der Waals surface area contributed by atoms with Crippen LogP contribution in [0.4, 0.5) is 0 Å². The second-order valence-corrected chi connectivity index (χ2v) is 5.41. The molecule has 2 rings (SSSR count). The molecule has 0 bridgehead atoms. The van der Waals surface area contributed by atoms with Crippen molar-refractivity contribution >= 4 is 40.0 Å². The molecule has 0 atom stereocenters. The molecule has 18 heavy (non-hydrogen) atoms. The average Bonchev–Trinajstić information content (AvgIpc) is 2.34. The molecule has 0 spiro atoms. The highest BCUT2D eigenvalue weighted by Crippen LogP contribution is 2.30. The van der Waals surface area contributed by atoms with Gasteiger partial charge in [-0.25, -0.2) is 0 Å². The normalized spacial score (nSPS) is 10.2. The SMILES string of the molecule is CC(=O)c1ccc(Oc2ccc(I)cc2)c(Cl)c1. The molecule has 0 aliphatic carbocycles. The summed E-state index contributed by atoms with van der Waals surface area (Å²) in [4.78, 5) is 11.2. The molecule has 0 radical (unpaired) electrons. The second kappa shape index (κ2) is 5.71. The third kappa shape index (κ3) is 3.23. The molecule has 2 nitrogen and oxygen atoms in total. The van der Waals surface area contributed by atoms with E-state index < -0.39 is 0 Å². The number of ketones is 1. The molecular formula is C14H10ClIO2. The number of ether oxygens (including phenoxy) is 1. The van der Waals surface area contributed by atoms with E-state index in [0.29, 0.717) is 22.1 Å². The van der Waals surface area contributed by atoms with Gasteiger partial charge >= 0.3 is 0 Å². The third-order valence-corrected chi connectivity index (χ3v) is 3.39. The smallest absolute Gasteiger partial charge is 0.159 e. The lowest BCUT2D eigenvalue weighted by molar-refractivity contribution is 0.101. The van der Waals surface area contributed by atoms with E-state index in [9.17, 15) is 4.79 Å². The maximum atomic E-state index is 11.2. The Morgan fingerprint density at radius 3 is 2.39 bits per heavy atom. The molecule has 0 amide bonds. The molecule has 4 heteroatoms. The van der Waals surface area contributed by atoms with Gasteiger partial charge in [0, 0.05) is 9.13 Å². The van der Waals surface area contributed by atoms with E-state index in [2.05, 4.69) is 22.6 Å². The Labute approximate surface area is 124 Å². The fourth-order valence-electron chi connectivity index (χ4n) is 1.43. The van der Waals surface area contributed by atoms with Crippen molar-refractivity contribution in [1.29, 1.82) is 0 Å². The van der Waals surface area contributed by atoms with E-state index in [1.54, 1.807) is 18.2 Å². The average molecular weight is 373 g/mol. The molecule has 0 fully saturated rings. The monoisotopic (exact) mass is 372 g/mol. The summed E-state index contributed by atoms with van der Waals surface area (Å²) in [5.41, 5.74) is 0.579. The molecule has 0 aromatic heterocycles. The van der Waals surface area contributed by atoms with Gasteiger partial charge in [0.15, 0.2) is 5.78 Å². The lowest BCUT2D eigenvalue weighted by Gasteiger charge is -2.08. The van der Waals surface area contributed by atoms with Gasteiger partial charge in [-0.05, 0) is 72.0 Å². The molecule has 0 saturated heterocycles. The fourth-order valence-corrected chi connectivity index (χ4v) is 2.01. The Bertz CT molecular complexity index is 579. The lowest BCUT2D eigenvalue weighted by atomic mass is 10.1. The standard InChI is InChI=1S/C14H10ClIO2/c1-9(17)10-2-7-14(13(15)8-10)18-12-5-3-11(16)4-6-12/h2-8H,1H3. The summed E-state index contributed by atoms with van der Waals surface area (Å²) in [5.74, 6) is 1.24. The number of hydrogen-bond acceptors (Lipinski definition) is 2. The first kappa shape index (κ1) is 13.4. The van der Waals surface area contributed by atoms with Crippen molar-refractivity contribution in [2.75, 3.05) is 0 Å². The van der Waals surface area contributed by atoms with Crippen molar-refractivity contribution in [1.82, 2.24) is 0 Å². The lowest BCUT2D eigenvalue weighted by Crippen LogP contribution is -1.93. The predicted molar refractivity (Wildman–Crippen MR) is 80.7 cm³/mol. The molecule has 2 aromatic rings. The molecule has 0 heterocycles. The highest BCUT2D eigenvalue weighted by molar-refractivity contribution is 14.1. The maximum Gasteiger partial charge on any atom is 0.159 e. The number of rotatable bonds is 3. The number of benzene rings is 2. The number of hydrogen-bond donors (Lipinski definition) is 0. The number of halogens is 2. The van der Waals surface area contributed by atoms with Crippen LogP contribution in [0.5, 0.6) is 11.5 Å².